The predicted octanol–water partition coefficient (Wildman–Crippen LogP) is 1.46. The normalized spacial score (nSPS) is 19.5. The lowest BCUT2D eigenvalue weighted by atomic mass is 9.85. The molecule has 0 spiro atoms. The standard InChI is InChI=1S/C21H24BN3O3/c23-13-14-2-1-3-16(10-14)15-6-8-25(9-7-15)21(26)17-4-5-19-18(11-17)12-20(24-19)22(27)28/h1-4,10-12,15,27-28H,5-9,13,23H2. The number of carbonyl (C=O) groups excluding carboxylic acids is 1. The van der Waals surface area contributed by atoms with Gasteiger partial charge in [-0.15, -0.1) is 0 Å². The van der Waals surface area contributed by atoms with E-state index in [9.17, 15) is 14.8 Å². The zero-order valence-electron chi connectivity index (χ0n) is 15.7. The van der Waals surface area contributed by atoms with E-state index in [1.807, 2.05) is 17.0 Å². The number of hydrogen-bond donors (Lipinski definition) is 3. The van der Waals surface area contributed by atoms with Gasteiger partial charge in [0.15, 0.2) is 0 Å². The average molecular weight is 377 g/mol. The number of benzene rings is 1. The topological polar surface area (TPSA) is 99.2 Å². The second kappa shape index (κ2) is 7.87. The fourth-order valence-corrected chi connectivity index (χ4v) is 4.07. The molecule has 0 unspecified atom stereocenters. The molecule has 1 amide bonds. The molecule has 0 saturated carbocycles. The van der Waals surface area contributed by atoms with Crippen LogP contribution < -0.4 is 5.73 Å². The van der Waals surface area contributed by atoms with Crippen LogP contribution in [0.4, 0.5) is 0 Å². The lowest BCUT2D eigenvalue weighted by Gasteiger charge is -2.33. The van der Waals surface area contributed by atoms with Gasteiger partial charge < -0.3 is 20.7 Å². The lowest BCUT2D eigenvalue weighted by molar-refractivity contribution is -0.127. The minimum atomic E-state index is -1.59. The van der Waals surface area contributed by atoms with Crippen LogP contribution in [0.3, 0.4) is 0 Å². The van der Waals surface area contributed by atoms with Crippen molar-refractivity contribution >= 4 is 18.7 Å². The van der Waals surface area contributed by atoms with E-state index >= 15 is 0 Å². The van der Waals surface area contributed by atoms with Crippen LogP contribution in [-0.4, -0.2) is 46.8 Å². The molecule has 0 atom stereocenters. The molecular formula is C21H24BN3O3. The summed E-state index contributed by atoms with van der Waals surface area (Å²) in [7, 11) is -1.59. The highest BCUT2D eigenvalue weighted by Gasteiger charge is 2.29. The van der Waals surface area contributed by atoms with E-state index in [2.05, 4.69) is 23.2 Å². The van der Waals surface area contributed by atoms with E-state index in [1.54, 1.807) is 12.2 Å². The van der Waals surface area contributed by atoms with Gasteiger partial charge in [0, 0.05) is 31.6 Å². The summed E-state index contributed by atoms with van der Waals surface area (Å²) in [6.45, 7) is 2.01. The van der Waals surface area contributed by atoms with Gasteiger partial charge in [-0.1, -0.05) is 30.3 Å². The first kappa shape index (κ1) is 18.9. The van der Waals surface area contributed by atoms with Gasteiger partial charge in [-0.3, -0.25) is 9.79 Å². The summed E-state index contributed by atoms with van der Waals surface area (Å²) in [6, 6.07) is 8.42. The highest BCUT2D eigenvalue weighted by Crippen LogP contribution is 2.31. The van der Waals surface area contributed by atoms with E-state index in [0.717, 1.165) is 42.8 Å². The fraction of sp³-hybridized carbons (Fsp3) is 0.333. The number of carbonyl (C=O) groups is 1. The first-order chi connectivity index (χ1) is 13.5. The number of piperidine rings is 1. The van der Waals surface area contributed by atoms with E-state index in [1.165, 1.54) is 5.56 Å². The number of nitrogens with two attached hydrogens (primary N) is 1. The fourth-order valence-electron chi connectivity index (χ4n) is 4.07. The van der Waals surface area contributed by atoms with Crippen LogP contribution in [0.1, 0.15) is 36.3 Å². The van der Waals surface area contributed by atoms with Crippen LogP contribution in [0.25, 0.3) is 0 Å². The van der Waals surface area contributed by atoms with Gasteiger partial charge in [-0.05, 0) is 47.6 Å². The molecule has 4 rings (SSSR count). The van der Waals surface area contributed by atoms with Gasteiger partial charge in [-0.2, -0.15) is 0 Å². The number of rotatable bonds is 4. The highest BCUT2D eigenvalue weighted by atomic mass is 16.4. The van der Waals surface area contributed by atoms with Crippen LogP contribution in [0.15, 0.2) is 64.2 Å². The predicted molar refractivity (Wildman–Crippen MR) is 109 cm³/mol. The molecule has 1 fully saturated rings. The largest absolute Gasteiger partial charge is 0.508 e. The van der Waals surface area contributed by atoms with Crippen LogP contribution in [0, 0.1) is 0 Å². The van der Waals surface area contributed by atoms with Crippen LogP contribution in [0.5, 0.6) is 0 Å². The molecule has 28 heavy (non-hydrogen) atoms. The number of fused-ring (bicyclic) bond motifs is 1. The minimum Gasteiger partial charge on any atom is -0.422 e. The number of likely N-dealkylation sites (tertiary alicyclic amines) is 1. The van der Waals surface area contributed by atoms with Crippen molar-refractivity contribution in [3.63, 3.8) is 0 Å². The number of amides is 1. The summed E-state index contributed by atoms with van der Waals surface area (Å²) in [4.78, 5) is 19.1. The molecule has 0 aromatic heterocycles. The minimum absolute atomic E-state index is 0.0344. The molecule has 2 aliphatic heterocycles. The summed E-state index contributed by atoms with van der Waals surface area (Å²) >= 11 is 0. The molecule has 3 aliphatic rings. The zero-order valence-corrected chi connectivity index (χ0v) is 15.7. The van der Waals surface area contributed by atoms with Crippen molar-refractivity contribution in [2.75, 3.05) is 13.1 Å². The summed E-state index contributed by atoms with van der Waals surface area (Å²) in [5.74, 6) is 0.492. The third-order valence-electron chi connectivity index (χ3n) is 5.68. The number of allylic oxidation sites excluding steroid dienone is 3. The van der Waals surface area contributed by atoms with E-state index in [0.29, 0.717) is 24.5 Å². The maximum absolute atomic E-state index is 12.9. The molecular weight excluding hydrogens is 353 g/mol. The molecule has 7 heteroatoms. The number of aliphatic imine (C=N–C) groups is 1. The SMILES string of the molecule is NCc1cccc(C2CCN(C(=O)C3=CCC4=NC(B(O)O)=CC4=C3)CC2)c1. The van der Waals surface area contributed by atoms with Gasteiger partial charge in [0.2, 0.25) is 0 Å². The van der Waals surface area contributed by atoms with Crippen molar-refractivity contribution in [2.45, 2.75) is 31.7 Å². The van der Waals surface area contributed by atoms with Gasteiger partial charge >= 0.3 is 7.12 Å². The Morgan fingerprint density at radius 2 is 2.04 bits per heavy atom. The Hall–Kier alpha value is -2.48. The third kappa shape index (κ3) is 3.74. The van der Waals surface area contributed by atoms with E-state index in [-0.39, 0.29) is 11.5 Å². The monoisotopic (exact) mass is 377 g/mol. The smallest absolute Gasteiger partial charge is 0.422 e. The molecule has 4 N–H and O–H groups in total. The van der Waals surface area contributed by atoms with Gasteiger partial charge in [0.25, 0.3) is 5.91 Å². The highest BCUT2D eigenvalue weighted by molar-refractivity contribution is 6.51. The Bertz CT molecular complexity index is 909. The molecule has 1 aliphatic carbocycles. The van der Waals surface area contributed by atoms with Crippen LogP contribution in [0.2, 0.25) is 0 Å². The molecule has 1 saturated heterocycles. The van der Waals surface area contributed by atoms with Gasteiger partial charge in [0.05, 0.1) is 11.3 Å². The average Bonchev–Trinajstić information content (AvgIpc) is 3.17. The van der Waals surface area contributed by atoms with E-state index < -0.39 is 7.12 Å². The maximum atomic E-state index is 12.9. The molecule has 0 bridgehead atoms. The Labute approximate surface area is 164 Å². The maximum Gasteiger partial charge on any atom is 0.508 e. The van der Waals surface area contributed by atoms with Gasteiger partial charge in [0.1, 0.15) is 0 Å². The Kier molecular flexibility index (Phi) is 5.30. The molecule has 1 aromatic carbocycles. The number of nitrogens with zero attached hydrogens (tertiary/aromatic N) is 2. The van der Waals surface area contributed by atoms with Crippen molar-refractivity contribution < 1.29 is 14.8 Å². The molecule has 2 heterocycles. The molecule has 0 radical (unpaired) electrons. The van der Waals surface area contributed by atoms with Crippen molar-refractivity contribution in [3.8, 4) is 0 Å². The van der Waals surface area contributed by atoms with E-state index in [4.69, 9.17) is 5.73 Å². The van der Waals surface area contributed by atoms with Crippen LogP contribution >= 0.6 is 0 Å². The Morgan fingerprint density at radius 1 is 1.25 bits per heavy atom. The van der Waals surface area contributed by atoms with Crippen molar-refractivity contribution in [1.82, 2.24) is 4.90 Å². The van der Waals surface area contributed by atoms with Gasteiger partial charge in [-0.25, -0.2) is 0 Å². The molecule has 6 nitrogen and oxygen atoms in total. The summed E-state index contributed by atoms with van der Waals surface area (Å²) < 4.78 is 0. The van der Waals surface area contributed by atoms with Crippen LogP contribution in [-0.2, 0) is 11.3 Å². The zero-order chi connectivity index (χ0) is 19.7. The Balaban J connectivity index is 1.40. The van der Waals surface area contributed by atoms with Crippen molar-refractivity contribution in [1.29, 1.82) is 0 Å². The second-order valence-corrected chi connectivity index (χ2v) is 7.48. The Morgan fingerprint density at radius 3 is 2.75 bits per heavy atom. The lowest BCUT2D eigenvalue weighted by Crippen LogP contribution is -2.38. The number of hydrogen-bond acceptors (Lipinski definition) is 5. The summed E-state index contributed by atoms with van der Waals surface area (Å²) in [6.07, 6.45) is 7.73. The second-order valence-electron chi connectivity index (χ2n) is 7.48. The first-order valence-electron chi connectivity index (χ1n) is 9.71. The first-order valence-corrected chi connectivity index (χ1v) is 9.71. The summed E-state index contributed by atoms with van der Waals surface area (Å²) in [5, 5.41) is 18.6. The third-order valence-corrected chi connectivity index (χ3v) is 5.68. The quantitative estimate of drug-likeness (QED) is 0.692. The van der Waals surface area contributed by atoms with Crippen molar-refractivity contribution in [2.24, 2.45) is 10.7 Å². The van der Waals surface area contributed by atoms with Crippen molar-refractivity contribution in [3.05, 3.63) is 70.4 Å². The molecule has 144 valence electrons. The molecule has 1 aromatic rings. The summed E-state index contributed by atoms with van der Waals surface area (Å²) in [5.41, 5.74) is 10.7.